The van der Waals surface area contributed by atoms with Crippen molar-refractivity contribution >= 4 is 11.8 Å². The van der Waals surface area contributed by atoms with Gasteiger partial charge in [-0.05, 0) is 49.1 Å². The number of fused-ring (bicyclic) bond motifs is 1. The Morgan fingerprint density at radius 2 is 1.77 bits per heavy atom. The molecule has 0 bridgehead atoms. The van der Waals surface area contributed by atoms with Crippen LogP contribution in [0.5, 0.6) is 0 Å². The standard InChI is InChI=1S/C17H16N2O3/c1-10-8-14-11(9-18(10)22)6-7-15(14)19-16(20)12-4-2-3-5-13(12)17(19)21/h2-5,8,15,22H,6-7,9H2,1H3. The van der Waals surface area contributed by atoms with E-state index in [0.717, 1.165) is 29.7 Å². The minimum Gasteiger partial charge on any atom is -0.288 e. The van der Waals surface area contributed by atoms with Crippen LogP contribution >= 0.6 is 0 Å². The quantitative estimate of drug-likeness (QED) is 0.808. The third kappa shape index (κ3) is 1.69. The summed E-state index contributed by atoms with van der Waals surface area (Å²) in [5, 5.41) is 11.0. The topological polar surface area (TPSA) is 60.9 Å². The average Bonchev–Trinajstić information content (AvgIpc) is 3.00. The summed E-state index contributed by atoms with van der Waals surface area (Å²) in [6.07, 6.45) is 3.42. The van der Waals surface area contributed by atoms with E-state index in [-0.39, 0.29) is 17.9 Å². The van der Waals surface area contributed by atoms with Crippen molar-refractivity contribution in [1.29, 1.82) is 0 Å². The highest BCUT2D eigenvalue weighted by Crippen LogP contribution is 2.38. The van der Waals surface area contributed by atoms with Crippen LogP contribution in [0.2, 0.25) is 0 Å². The lowest BCUT2D eigenvalue weighted by molar-refractivity contribution is -0.0482. The molecule has 5 heteroatoms. The highest BCUT2D eigenvalue weighted by molar-refractivity contribution is 6.21. The second-order valence-corrected chi connectivity index (χ2v) is 5.98. The van der Waals surface area contributed by atoms with Gasteiger partial charge in [-0.25, -0.2) is 0 Å². The minimum absolute atomic E-state index is 0.211. The largest absolute Gasteiger partial charge is 0.288 e. The van der Waals surface area contributed by atoms with E-state index in [1.807, 2.05) is 13.0 Å². The van der Waals surface area contributed by atoms with E-state index < -0.39 is 0 Å². The van der Waals surface area contributed by atoms with Gasteiger partial charge in [0.15, 0.2) is 0 Å². The summed E-state index contributed by atoms with van der Waals surface area (Å²) in [6.45, 7) is 2.28. The number of nitrogens with zero attached hydrogens (tertiary/aromatic N) is 2. The molecule has 3 aliphatic rings. The molecule has 0 spiro atoms. The molecule has 0 saturated carbocycles. The number of hydrogen-bond acceptors (Lipinski definition) is 4. The van der Waals surface area contributed by atoms with Gasteiger partial charge in [0.2, 0.25) is 0 Å². The zero-order valence-corrected chi connectivity index (χ0v) is 12.2. The molecule has 22 heavy (non-hydrogen) atoms. The first-order valence-electron chi connectivity index (χ1n) is 7.41. The average molecular weight is 296 g/mol. The lowest BCUT2D eigenvalue weighted by Gasteiger charge is -2.28. The Bertz CT molecular complexity index is 728. The number of carbonyl (C=O) groups is 2. The summed E-state index contributed by atoms with van der Waals surface area (Å²) in [6, 6.07) is 6.75. The summed E-state index contributed by atoms with van der Waals surface area (Å²) in [5.41, 5.74) is 3.83. The highest BCUT2D eigenvalue weighted by Gasteiger charge is 2.43. The van der Waals surface area contributed by atoms with Gasteiger partial charge in [0.05, 0.1) is 23.7 Å². The van der Waals surface area contributed by atoms with Crippen LogP contribution in [0.15, 0.2) is 47.2 Å². The molecule has 5 nitrogen and oxygen atoms in total. The summed E-state index contributed by atoms with van der Waals surface area (Å²) < 4.78 is 0. The highest BCUT2D eigenvalue weighted by atomic mass is 16.5. The maximum absolute atomic E-state index is 12.6. The molecular formula is C17H16N2O3. The van der Waals surface area contributed by atoms with Crippen molar-refractivity contribution < 1.29 is 14.8 Å². The van der Waals surface area contributed by atoms with E-state index in [2.05, 4.69) is 0 Å². The predicted molar refractivity (Wildman–Crippen MR) is 79.2 cm³/mol. The number of hydrogen-bond donors (Lipinski definition) is 1. The second kappa shape index (κ2) is 4.55. The molecule has 1 aromatic rings. The fourth-order valence-corrected chi connectivity index (χ4v) is 3.58. The third-order valence-corrected chi connectivity index (χ3v) is 4.74. The number of imide groups is 1. The van der Waals surface area contributed by atoms with Crippen LogP contribution in [0.1, 0.15) is 40.5 Å². The van der Waals surface area contributed by atoms with Crippen LogP contribution in [0.4, 0.5) is 0 Å². The van der Waals surface area contributed by atoms with Crippen LogP contribution in [-0.2, 0) is 0 Å². The van der Waals surface area contributed by atoms with Crippen molar-refractivity contribution in [3.63, 3.8) is 0 Å². The Morgan fingerprint density at radius 3 is 2.41 bits per heavy atom. The summed E-state index contributed by atoms with van der Waals surface area (Å²) in [4.78, 5) is 26.6. The van der Waals surface area contributed by atoms with Gasteiger partial charge in [-0.2, -0.15) is 0 Å². The first-order chi connectivity index (χ1) is 10.6. The molecule has 2 amide bonds. The molecule has 2 heterocycles. The van der Waals surface area contributed by atoms with Gasteiger partial charge >= 0.3 is 0 Å². The van der Waals surface area contributed by atoms with E-state index in [4.69, 9.17) is 0 Å². The summed E-state index contributed by atoms with van der Waals surface area (Å²) in [7, 11) is 0. The summed E-state index contributed by atoms with van der Waals surface area (Å²) >= 11 is 0. The molecule has 0 radical (unpaired) electrons. The number of amides is 2. The van der Waals surface area contributed by atoms with Crippen molar-refractivity contribution in [1.82, 2.24) is 9.96 Å². The van der Waals surface area contributed by atoms with Gasteiger partial charge in [-0.15, -0.1) is 0 Å². The van der Waals surface area contributed by atoms with Crippen LogP contribution in [0.25, 0.3) is 0 Å². The first kappa shape index (κ1) is 13.3. The predicted octanol–water partition coefficient (Wildman–Crippen LogP) is 2.35. The molecule has 1 unspecified atom stereocenters. The van der Waals surface area contributed by atoms with Gasteiger partial charge < -0.3 is 0 Å². The summed E-state index contributed by atoms with van der Waals surface area (Å²) in [5.74, 6) is -0.423. The Kier molecular flexibility index (Phi) is 2.74. The number of hydroxylamine groups is 2. The molecule has 1 aromatic carbocycles. The van der Waals surface area contributed by atoms with Crippen molar-refractivity contribution in [2.24, 2.45) is 0 Å². The molecule has 112 valence electrons. The number of benzene rings is 1. The number of rotatable bonds is 1. The normalized spacial score (nSPS) is 23.9. The zero-order chi connectivity index (χ0) is 15.4. The Labute approximate surface area is 128 Å². The van der Waals surface area contributed by atoms with E-state index in [1.54, 1.807) is 24.3 Å². The molecule has 4 rings (SSSR count). The van der Waals surface area contributed by atoms with Crippen LogP contribution < -0.4 is 0 Å². The maximum atomic E-state index is 12.6. The fourth-order valence-electron chi connectivity index (χ4n) is 3.58. The van der Waals surface area contributed by atoms with Gasteiger partial charge in [-0.3, -0.25) is 24.8 Å². The molecule has 1 aliphatic carbocycles. The van der Waals surface area contributed by atoms with Crippen molar-refractivity contribution in [2.45, 2.75) is 25.8 Å². The van der Waals surface area contributed by atoms with Crippen molar-refractivity contribution in [3.05, 3.63) is 58.3 Å². The van der Waals surface area contributed by atoms with E-state index >= 15 is 0 Å². The Morgan fingerprint density at radius 1 is 1.14 bits per heavy atom. The monoisotopic (exact) mass is 296 g/mol. The van der Waals surface area contributed by atoms with Crippen molar-refractivity contribution in [3.8, 4) is 0 Å². The second-order valence-electron chi connectivity index (χ2n) is 5.98. The molecule has 0 aromatic heterocycles. The van der Waals surface area contributed by atoms with Gasteiger partial charge in [-0.1, -0.05) is 12.1 Å². The molecule has 1 N–H and O–H groups in total. The molecular weight excluding hydrogens is 280 g/mol. The molecule has 2 aliphatic heterocycles. The van der Waals surface area contributed by atoms with Gasteiger partial charge in [0, 0.05) is 5.70 Å². The lowest BCUT2D eigenvalue weighted by atomic mass is 10.0. The third-order valence-electron chi connectivity index (χ3n) is 4.74. The van der Waals surface area contributed by atoms with Gasteiger partial charge in [0.25, 0.3) is 11.8 Å². The minimum atomic E-state index is -0.217. The SMILES string of the molecule is CC1=CC2=C(CCC2N2C(=O)c3ccccc3C2=O)CN1O. The van der Waals surface area contributed by atoms with E-state index in [9.17, 15) is 14.8 Å². The van der Waals surface area contributed by atoms with Crippen LogP contribution in [-0.4, -0.2) is 39.6 Å². The van der Waals surface area contributed by atoms with Crippen LogP contribution in [0, 0.1) is 0 Å². The maximum Gasteiger partial charge on any atom is 0.262 e. The first-order valence-corrected chi connectivity index (χ1v) is 7.41. The van der Waals surface area contributed by atoms with Crippen molar-refractivity contribution in [2.75, 3.05) is 6.54 Å². The van der Waals surface area contributed by atoms with E-state index in [0.29, 0.717) is 17.7 Å². The molecule has 1 atom stereocenters. The number of carbonyl (C=O) groups excluding carboxylic acids is 2. The Hall–Kier alpha value is -2.40. The van der Waals surface area contributed by atoms with Gasteiger partial charge in [0.1, 0.15) is 0 Å². The zero-order valence-electron chi connectivity index (χ0n) is 12.2. The smallest absolute Gasteiger partial charge is 0.262 e. The fraction of sp³-hybridized carbons (Fsp3) is 0.294. The molecule has 0 fully saturated rings. The number of allylic oxidation sites excluding steroid dienone is 1. The lowest BCUT2D eigenvalue weighted by Crippen LogP contribution is -2.40. The molecule has 0 saturated heterocycles. The van der Waals surface area contributed by atoms with Crippen LogP contribution in [0.3, 0.4) is 0 Å². The van der Waals surface area contributed by atoms with E-state index in [1.165, 1.54) is 9.96 Å². The Balaban J connectivity index is 1.73.